The van der Waals surface area contributed by atoms with E-state index in [9.17, 15) is 0 Å². The molecule has 2 heterocycles. The third-order valence-electron chi connectivity index (χ3n) is 4.95. The third kappa shape index (κ3) is 3.45. The average molecular weight is 325 g/mol. The lowest BCUT2D eigenvalue weighted by molar-refractivity contribution is 0.461. The van der Waals surface area contributed by atoms with Gasteiger partial charge in [-0.3, -0.25) is 0 Å². The van der Waals surface area contributed by atoms with E-state index in [4.69, 9.17) is 9.97 Å². The van der Waals surface area contributed by atoms with Gasteiger partial charge in [0.1, 0.15) is 5.52 Å². The van der Waals surface area contributed by atoms with Crippen LogP contribution in [0.1, 0.15) is 70.4 Å². The minimum absolute atomic E-state index is 0.333. The van der Waals surface area contributed by atoms with E-state index in [0.717, 1.165) is 22.7 Å². The van der Waals surface area contributed by atoms with Gasteiger partial charge in [0.15, 0.2) is 5.82 Å². The number of hydrogen-bond donors (Lipinski definition) is 2. The maximum atomic E-state index is 4.86. The highest BCUT2D eigenvalue weighted by Gasteiger charge is 2.26. The van der Waals surface area contributed by atoms with Crippen molar-refractivity contribution in [2.24, 2.45) is 0 Å². The fourth-order valence-electron chi connectivity index (χ4n) is 3.52. The normalized spacial score (nSPS) is 19.0. The van der Waals surface area contributed by atoms with Gasteiger partial charge in [-0.15, -0.1) is 0 Å². The van der Waals surface area contributed by atoms with Gasteiger partial charge in [-0.05, 0) is 45.6 Å². The summed E-state index contributed by atoms with van der Waals surface area (Å²) in [6, 6.07) is 3.01. The Kier molecular flexibility index (Phi) is 4.25. The Balaban J connectivity index is 1.66. The van der Waals surface area contributed by atoms with Crippen LogP contribution in [-0.2, 0) is 0 Å². The lowest BCUT2D eigenvalue weighted by Crippen LogP contribution is -2.23. The summed E-state index contributed by atoms with van der Waals surface area (Å²) in [5, 5.41) is 8.09. The lowest BCUT2D eigenvalue weighted by Gasteiger charge is -2.23. The molecule has 2 aliphatic carbocycles. The second-order valence-corrected chi connectivity index (χ2v) is 7.58. The molecule has 2 aliphatic rings. The van der Waals surface area contributed by atoms with E-state index in [1.807, 2.05) is 6.20 Å². The van der Waals surface area contributed by atoms with E-state index in [2.05, 4.69) is 35.5 Å². The highest BCUT2D eigenvalue weighted by molar-refractivity contribution is 5.89. The molecular weight excluding hydrogens is 298 g/mol. The Labute approximate surface area is 143 Å². The van der Waals surface area contributed by atoms with Crippen molar-refractivity contribution in [2.75, 3.05) is 10.6 Å². The molecule has 0 amide bonds. The molecular formula is C19H27N5. The number of hydrogen-bond acceptors (Lipinski definition) is 5. The van der Waals surface area contributed by atoms with Crippen LogP contribution in [0.2, 0.25) is 0 Å². The van der Waals surface area contributed by atoms with Crippen molar-refractivity contribution in [3.8, 4) is 0 Å². The van der Waals surface area contributed by atoms with Gasteiger partial charge in [0.05, 0.1) is 0 Å². The van der Waals surface area contributed by atoms with Gasteiger partial charge >= 0.3 is 0 Å². The number of nitrogens with zero attached hydrogens (tertiary/aromatic N) is 3. The van der Waals surface area contributed by atoms with Crippen LogP contribution in [0, 0.1) is 0 Å². The molecule has 0 aromatic carbocycles. The van der Waals surface area contributed by atoms with Crippen molar-refractivity contribution in [3.05, 3.63) is 18.0 Å². The fourth-order valence-corrected chi connectivity index (χ4v) is 3.52. The number of rotatable bonds is 5. The molecule has 0 aliphatic heterocycles. The molecule has 2 aromatic rings. The van der Waals surface area contributed by atoms with Crippen LogP contribution in [0.4, 0.5) is 11.8 Å². The lowest BCUT2D eigenvalue weighted by atomic mass is 9.96. The highest BCUT2D eigenvalue weighted by atomic mass is 15.1. The Bertz CT molecular complexity index is 717. The van der Waals surface area contributed by atoms with Crippen LogP contribution >= 0.6 is 0 Å². The van der Waals surface area contributed by atoms with Gasteiger partial charge in [0.2, 0.25) is 5.95 Å². The van der Waals surface area contributed by atoms with Gasteiger partial charge in [0, 0.05) is 35.3 Å². The first-order valence-electron chi connectivity index (χ1n) is 9.40. The van der Waals surface area contributed by atoms with Crippen molar-refractivity contribution in [1.29, 1.82) is 0 Å². The van der Waals surface area contributed by atoms with E-state index in [0.29, 0.717) is 18.0 Å². The Morgan fingerprint density at radius 3 is 2.54 bits per heavy atom. The van der Waals surface area contributed by atoms with Gasteiger partial charge < -0.3 is 10.6 Å². The minimum Gasteiger partial charge on any atom is -0.366 e. The summed E-state index contributed by atoms with van der Waals surface area (Å²) in [6.07, 6.45) is 10.9. The first-order chi connectivity index (χ1) is 11.7. The summed E-state index contributed by atoms with van der Waals surface area (Å²) in [5.74, 6) is 2.27. The molecule has 0 radical (unpaired) electrons. The summed E-state index contributed by atoms with van der Waals surface area (Å²) in [6.45, 7) is 4.28. The molecule has 0 saturated heterocycles. The van der Waals surface area contributed by atoms with Crippen LogP contribution in [0.3, 0.4) is 0 Å². The topological polar surface area (TPSA) is 62.7 Å². The van der Waals surface area contributed by atoms with Gasteiger partial charge in [-0.1, -0.05) is 19.3 Å². The summed E-state index contributed by atoms with van der Waals surface area (Å²) < 4.78 is 0. The molecule has 5 heteroatoms. The number of anilines is 2. The highest BCUT2D eigenvalue weighted by Crippen LogP contribution is 2.40. The van der Waals surface area contributed by atoms with E-state index in [1.165, 1.54) is 50.6 Å². The van der Waals surface area contributed by atoms with E-state index in [1.54, 1.807) is 0 Å². The second-order valence-electron chi connectivity index (χ2n) is 7.58. The maximum Gasteiger partial charge on any atom is 0.223 e. The van der Waals surface area contributed by atoms with Gasteiger partial charge in [-0.25, -0.2) is 15.0 Å². The van der Waals surface area contributed by atoms with Crippen molar-refractivity contribution in [2.45, 2.75) is 76.8 Å². The summed E-state index contributed by atoms with van der Waals surface area (Å²) in [4.78, 5) is 14.2. The average Bonchev–Trinajstić information content (AvgIpc) is 3.40. The quantitative estimate of drug-likeness (QED) is 0.849. The van der Waals surface area contributed by atoms with Crippen molar-refractivity contribution in [3.63, 3.8) is 0 Å². The number of fused-ring (bicyclic) bond motifs is 1. The van der Waals surface area contributed by atoms with Crippen LogP contribution in [0.15, 0.2) is 12.3 Å². The molecule has 128 valence electrons. The van der Waals surface area contributed by atoms with Crippen molar-refractivity contribution < 1.29 is 0 Å². The first-order valence-corrected chi connectivity index (χ1v) is 9.40. The smallest absolute Gasteiger partial charge is 0.223 e. The van der Waals surface area contributed by atoms with Crippen LogP contribution in [0.5, 0.6) is 0 Å². The third-order valence-corrected chi connectivity index (χ3v) is 4.95. The molecule has 24 heavy (non-hydrogen) atoms. The number of pyridine rings is 1. The van der Waals surface area contributed by atoms with Crippen LogP contribution in [0.25, 0.3) is 10.9 Å². The van der Waals surface area contributed by atoms with E-state index in [-0.39, 0.29) is 0 Å². The summed E-state index contributed by atoms with van der Waals surface area (Å²) in [5.41, 5.74) is 2.11. The van der Waals surface area contributed by atoms with E-state index < -0.39 is 0 Å². The first kappa shape index (κ1) is 15.6. The zero-order valence-corrected chi connectivity index (χ0v) is 14.7. The predicted octanol–water partition coefficient (Wildman–Crippen LogP) is 4.47. The summed E-state index contributed by atoms with van der Waals surface area (Å²) in [7, 11) is 0. The molecule has 4 rings (SSSR count). The maximum absolute atomic E-state index is 4.86. The monoisotopic (exact) mass is 325 g/mol. The molecule has 0 unspecified atom stereocenters. The second kappa shape index (κ2) is 6.54. The molecule has 2 saturated carbocycles. The van der Waals surface area contributed by atoms with Crippen molar-refractivity contribution in [1.82, 2.24) is 15.0 Å². The molecule has 2 N–H and O–H groups in total. The Morgan fingerprint density at radius 1 is 1.04 bits per heavy atom. The molecule has 2 fully saturated rings. The van der Waals surface area contributed by atoms with Gasteiger partial charge in [0.25, 0.3) is 0 Å². The van der Waals surface area contributed by atoms with Gasteiger partial charge in [-0.2, -0.15) is 0 Å². The predicted molar refractivity (Wildman–Crippen MR) is 98.6 cm³/mol. The van der Waals surface area contributed by atoms with Crippen LogP contribution < -0.4 is 10.6 Å². The molecule has 5 nitrogen and oxygen atoms in total. The molecule has 0 atom stereocenters. The Morgan fingerprint density at radius 2 is 1.83 bits per heavy atom. The Hall–Kier alpha value is -1.91. The minimum atomic E-state index is 0.333. The largest absolute Gasteiger partial charge is 0.366 e. The molecule has 0 bridgehead atoms. The van der Waals surface area contributed by atoms with Crippen molar-refractivity contribution >= 4 is 22.7 Å². The number of aromatic nitrogens is 3. The SMILES string of the molecule is CC(C)Nc1nc(C2CC2)cc2cnc(NC3CCCCC3)nc12. The van der Waals surface area contributed by atoms with E-state index >= 15 is 0 Å². The fraction of sp³-hybridized carbons (Fsp3) is 0.632. The summed E-state index contributed by atoms with van der Waals surface area (Å²) >= 11 is 0. The number of nitrogens with one attached hydrogen (secondary N) is 2. The zero-order valence-electron chi connectivity index (χ0n) is 14.7. The zero-order chi connectivity index (χ0) is 16.5. The molecule has 0 spiro atoms. The van der Waals surface area contributed by atoms with Crippen LogP contribution in [-0.4, -0.2) is 27.0 Å². The standard InChI is InChI=1S/C19H27N5/c1-12(2)21-18-17-14(10-16(23-18)13-8-9-13)11-20-19(24-17)22-15-6-4-3-5-7-15/h10-13,15H,3-9H2,1-2H3,(H,21,23)(H,20,22,24). The molecule has 2 aromatic heterocycles.